The Kier molecular flexibility index (Phi) is 19.8. The Morgan fingerprint density at radius 3 is 1.88 bits per heavy atom. The largest absolute Gasteiger partial charge is 0.497 e. The van der Waals surface area contributed by atoms with Crippen LogP contribution in [0.25, 0.3) is 11.1 Å². The van der Waals surface area contributed by atoms with E-state index in [-0.39, 0.29) is 35.1 Å². The van der Waals surface area contributed by atoms with Gasteiger partial charge < -0.3 is 49.4 Å². The first kappa shape index (κ1) is 65.9. The normalized spacial score (nSPS) is 17.4. The lowest BCUT2D eigenvalue weighted by Gasteiger charge is -2.40. The predicted molar refractivity (Wildman–Crippen MR) is 343 cm³/mol. The number of nitrogens with zero attached hydrogens (tertiary/aromatic N) is 5. The number of anilines is 1. The Morgan fingerprint density at radius 1 is 0.708 bits per heavy atom. The van der Waals surface area contributed by atoms with Gasteiger partial charge in [0.05, 0.1) is 63.6 Å². The summed E-state index contributed by atoms with van der Waals surface area (Å²) in [6.45, 7) is 23.1. The maximum atomic E-state index is 14.0. The number of methoxy groups -OCH3 is 3. The number of aliphatic imine (C=N–C) groups is 2. The molecule has 20 nitrogen and oxygen atoms in total. The van der Waals surface area contributed by atoms with Crippen molar-refractivity contribution in [3.8, 4) is 28.7 Å². The van der Waals surface area contributed by atoms with Gasteiger partial charge in [0.15, 0.2) is 23.0 Å². The summed E-state index contributed by atoms with van der Waals surface area (Å²) in [5.74, 6) is -0.130. The second kappa shape index (κ2) is 26.7. The van der Waals surface area contributed by atoms with E-state index in [2.05, 4.69) is 43.6 Å². The molecule has 89 heavy (non-hydrogen) atoms. The molecule has 3 N–H and O–H groups in total. The minimum Gasteiger partial charge on any atom is -0.497 e. The summed E-state index contributed by atoms with van der Waals surface area (Å²) >= 11 is 0. The molecular formula is C69H84N8O12. The summed E-state index contributed by atoms with van der Waals surface area (Å²) in [6.07, 6.45) is 12.3. The van der Waals surface area contributed by atoms with Crippen molar-refractivity contribution in [3.63, 3.8) is 0 Å². The zero-order chi connectivity index (χ0) is 64.9. The first-order valence-electron chi connectivity index (χ1n) is 29.9. The summed E-state index contributed by atoms with van der Waals surface area (Å²) in [5, 5.41) is 8.42. The molecule has 0 saturated carbocycles. The van der Waals surface area contributed by atoms with Crippen molar-refractivity contribution in [2.45, 2.75) is 138 Å². The third kappa shape index (κ3) is 15.4. The van der Waals surface area contributed by atoms with E-state index in [4.69, 9.17) is 33.7 Å². The Morgan fingerprint density at radius 2 is 1.29 bits per heavy atom. The van der Waals surface area contributed by atoms with Crippen molar-refractivity contribution >= 4 is 82.5 Å². The molecule has 4 aromatic rings. The molecule has 4 unspecified atom stereocenters. The number of ether oxygens (including phenoxy) is 5. The summed E-state index contributed by atoms with van der Waals surface area (Å²) < 4.78 is 29.9. The molecule has 0 saturated heterocycles. The van der Waals surface area contributed by atoms with E-state index in [9.17, 15) is 33.6 Å². The van der Waals surface area contributed by atoms with Gasteiger partial charge in [0.1, 0.15) is 17.8 Å². The van der Waals surface area contributed by atoms with Crippen LogP contribution in [0.4, 0.5) is 17.1 Å². The monoisotopic (exact) mass is 1220 g/mol. The molecule has 0 aliphatic carbocycles. The van der Waals surface area contributed by atoms with Gasteiger partial charge in [-0.15, -0.1) is 0 Å². The highest BCUT2D eigenvalue weighted by atomic mass is 16.5. The molecule has 20 heteroatoms. The van der Waals surface area contributed by atoms with Gasteiger partial charge in [-0.25, -0.2) is 0 Å². The number of aryl methyl sites for hydroxylation is 1. The van der Waals surface area contributed by atoms with Gasteiger partial charge >= 0.3 is 0 Å². The van der Waals surface area contributed by atoms with Crippen molar-refractivity contribution in [3.05, 3.63) is 120 Å². The topological polar surface area (TPSA) is 236 Å². The van der Waals surface area contributed by atoms with E-state index < -0.39 is 58.6 Å². The van der Waals surface area contributed by atoms with Crippen molar-refractivity contribution < 1.29 is 57.2 Å². The molecule has 4 atom stereocenters. The number of nitrogens with one attached hydrogen (secondary N) is 3. The molecule has 7 amide bonds. The lowest BCUT2D eigenvalue weighted by atomic mass is 9.76. The van der Waals surface area contributed by atoms with Gasteiger partial charge in [0.25, 0.3) is 17.7 Å². The predicted octanol–water partition coefficient (Wildman–Crippen LogP) is 10.6. The summed E-state index contributed by atoms with van der Waals surface area (Å²) in [4.78, 5) is 106. The van der Waals surface area contributed by atoms with Crippen LogP contribution in [0.2, 0.25) is 0 Å². The number of fused-ring (bicyclic) bond motifs is 2. The zero-order valence-corrected chi connectivity index (χ0v) is 53.7. The van der Waals surface area contributed by atoms with E-state index in [1.54, 1.807) is 116 Å². The molecule has 0 fully saturated rings. The number of hydrogen-bond donors (Lipinski definition) is 3. The Balaban J connectivity index is 0.831. The SMILES string of the molecule is COc1ccc(C2=CN3C(=O)c4cc(OC)c(OCC(C)(C)CC(C)(C)COc5cc(N=CC6CC(c7ccc(NC(=O)C(C)NC(=O)C(NC(=O)C(C)(C)CC(C)(C)N8C(=O)C=CC8=O)C(C)C)cc7)=CN6C=O)c(C)cc5OC)cc4N=CC3C2)cc1. The van der Waals surface area contributed by atoms with Crippen LogP contribution >= 0.6 is 0 Å². The fraction of sp³-hybridized carbons (Fsp3) is 0.435. The number of benzene rings is 4. The van der Waals surface area contributed by atoms with Gasteiger partial charge in [0, 0.05) is 78.6 Å². The quantitative estimate of drug-likeness (QED) is 0.0302. The van der Waals surface area contributed by atoms with Crippen LogP contribution in [-0.2, 0) is 28.8 Å². The highest BCUT2D eigenvalue weighted by Gasteiger charge is 2.44. The van der Waals surface area contributed by atoms with Crippen LogP contribution in [0.1, 0.15) is 129 Å². The van der Waals surface area contributed by atoms with Gasteiger partial charge in [-0.2, -0.15) is 0 Å². The first-order valence-corrected chi connectivity index (χ1v) is 29.9. The maximum Gasteiger partial charge on any atom is 0.260 e. The third-order valence-electron chi connectivity index (χ3n) is 16.4. The third-order valence-corrected chi connectivity index (χ3v) is 16.4. The van der Waals surface area contributed by atoms with Gasteiger partial charge in [0.2, 0.25) is 24.1 Å². The standard InChI is InChI=1S/C69H84N8O12/c1-41(2)61(74-65(84)68(9,10)37-69(11,12)77-59(79)24-25-60(77)80)63(82)72-43(4)62(81)73-48-20-16-44(17-21-48)46-27-49(75(34-46)40-78)32-70-53-30-57(55(86-14)26-42(53)3)88-38-66(5,6)36-67(7,8)39-89-58-31-54-52(29-56(58)87-15)64(83)76-35-47(28-50(76)33-71-54)45-18-22-51(85-13)23-19-45/h16-26,29-35,40-41,43,49-50,61H,27-28,36-39H2,1-15H3,(H,72,82)(H,73,81)(H,74,84). The number of imide groups is 1. The van der Waals surface area contributed by atoms with E-state index in [0.29, 0.717) is 78.1 Å². The second-order valence-corrected chi connectivity index (χ2v) is 26.5. The minimum absolute atomic E-state index is 0.132. The molecule has 0 aromatic heterocycles. The van der Waals surface area contributed by atoms with Crippen molar-refractivity contribution in [1.29, 1.82) is 0 Å². The van der Waals surface area contributed by atoms with E-state index in [1.165, 1.54) is 12.2 Å². The molecule has 4 heterocycles. The average molecular weight is 1220 g/mol. The van der Waals surface area contributed by atoms with Crippen LogP contribution in [0, 0.1) is 29.1 Å². The van der Waals surface area contributed by atoms with Gasteiger partial charge in [-0.05, 0) is 122 Å². The van der Waals surface area contributed by atoms with E-state index in [1.807, 2.05) is 67.9 Å². The molecule has 0 spiro atoms. The van der Waals surface area contributed by atoms with Gasteiger partial charge in [-0.1, -0.05) is 79.7 Å². The van der Waals surface area contributed by atoms with E-state index >= 15 is 0 Å². The minimum atomic E-state index is -1.09. The number of carbonyl (C=O) groups excluding carboxylic acids is 7. The zero-order valence-electron chi connectivity index (χ0n) is 53.7. The Hall–Kier alpha value is -9.07. The lowest BCUT2D eigenvalue weighted by Crippen LogP contribution is -2.57. The fourth-order valence-electron chi connectivity index (χ4n) is 12.1. The molecule has 4 aromatic carbocycles. The molecule has 8 rings (SSSR count). The van der Waals surface area contributed by atoms with Crippen LogP contribution in [0.5, 0.6) is 28.7 Å². The molecular weight excluding hydrogens is 1130 g/mol. The summed E-state index contributed by atoms with van der Waals surface area (Å²) in [6, 6.07) is 19.6. The molecule has 4 aliphatic heterocycles. The average Bonchev–Trinajstić information content (AvgIpc) is 2.98. The highest BCUT2D eigenvalue weighted by molar-refractivity contribution is 6.13. The van der Waals surface area contributed by atoms with Crippen molar-refractivity contribution in [1.82, 2.24) is 25.3 Å². The molecule has 0 radical (unpaired) electrons. The Bertz CT molecular complexity index is 3520. The van der Waals surface area contributed by atoms with Crippen LogP contribution in [0.15, 0.2) is 107 Å². The molecule has 4 aliphatic rings. The molecule has 472 valence electrons. The summed E-state index contributed by atoms with van der Waals surface area (Å²) in [5.41, 5.74) is 3.90. The van der Waals surface area contributed by atoms with Crippen molar-refractivity contribution in [2.75, 3.05) is 39.9 Å². The fourth-order valence-corrected chi connectivity index (χ4v) is 12.1. The maximum absolute atomic E-state index is 14.0. The Labute approximate surface area is 521 Å². The number of carbonyl (C=O) groups is 7. The second-order valence-electron chi connectivity index (χ2n) is 26.5. The first-order chi connectivity index (χ1) is 41.9. The number of amides is 7. The summed E-state index contributed by atoms with van der Waals surface area (Å²) in [7, 11) is 4.78. The smallest absolute Gasteiger partial charge is 0.260 e. The number of rotatable bonds is 26. The number of hydrogen-bond acceptors (Lipinski definition) is 14. The van der Waals surface area contributed by atoms with E-state index in [0.717, 1.165) is 44.9 Å². The van der Waals surface area contributed by atoms with Crippen LogP contribution in [-0.4, -0.2) is 133 Å². The van der Waals surface area contributed by atoms with Crippen LogP contribution < -0.4 is 39.6 Å². The molecule has 0 bridgehead atoms. The lowest BCUT2D eigenvalue weighted by molar-refractivity contribution is -0.146. The highest BCUT2D eigenvalue weighted by Crippen LogP contribution is 2.43. The van der Waals surface area contributed by atoms with Crippen molar-refractivity contribution in [2.24, 2.45) is 32.1 Å². The van der Waals surface area contributed by atoms with Gasteiger partial charge in [-0.3, -0.25) is 48.4 Å². The van der Waals surface area contributed by atoms with Crippen LogP contribution in [0.3, 0.4) is 0 Å².